The van der Waals surface area contributed by atoms with Crippen molar-refractivity contribution in [1.82, 2.24) is 14.9 Å². The highest BCUT2D eigenvalue weighted by Gasteiger charge is 2.11. The minimum atomic E-state index is -0.0183. The Hall–Kier alpha value is -1.55. The minimum Gasteiger partial charge on any atom is -0.317 e. The van der Waals surface area contributed by atoms with Gasteiger partial charge in [-0.05, 0) is 38.6 Å². The molecule has 2 N–H and O–H groups in total. The third-order valence-corrected chi connectivity index (χ3v) is 3.05. The van der Waals surface area contributed by atoms with Gasteiger partial charge in [-0.15, -0.1) is 0 Å². The van der Waals surface area contributed by atoms with Gasteiger partial charge in [0.25, 0.3) is 0 Å². The molecule has 0 spiro atoms. The van der Waals surface area contributed by atoms with E-state index >= 15 is 0 Å². The van der Waals surface area contributed by atoms with Gasteiger partial charge in [0.2, 0.25) is 0 Å². The Kier molecular flexibility index (Phi) is 3.64. The molecule has 0 fully saturated rings. The number of aromatic amines is 1. The predicted molar refractivity (Wildman–Crippen MR) is 70.4 cm³/mol. The molecule has 0 saturated carbocycles. The fourth-order valence-electron chi connectivity index (χ4n) is 2.13. The molecule has 1 atom stereocenters. The van der Waals surface area contributed by atoms with Gasteiger partial charge in [0.05, 0.1) is 11.0 Å². The van der Waals surface area contributed by atoms with Crippen LogP contribution in [0, 0.1) is 0 Å². The van der Waals surface area contributed by atoms with Gasteiger partial charge in [-0.25, -0.2) is 4.79 Å². The molecule has 1 heterocycles. The molecule has 0 bridgehead atoms. The van der Waals surface area contributed by atoms with Crippen LogP contribution in [0.4, 0.5) is 0 Å². The summed E-state index contributed by atoms with van der Waals surface area (Å²) in [5, 5.41) is 3.28. The van der Waals surface area contributed by atoms with E-state index in [9.17, 15) is 4.79 Å². The number of hydrogen-bond donors (Lipinski definition) is 2. The van der Waals surface area contributed by atoms with Crippen molar-refractivity contribution in [2.24, 2.45) is 0 Å². The number of rotatable bonds is 5. The van der Waals surface area contributed by atoms with Crippen LogP contribution in [0.3, 0.4) is 0 Å². The third kappa shape index (κ3) is 2.42. The molecule has 0 aliphatic rings. The van der Waals surface area contributed by atoms with Crippen molar-refractivity contribution in [3.05, 3.63) is 34.7 Å². The van der Waals surface area contributed by atoms with E-state index in [1.807, 2.05) is 28.8 Å². The molecule has 17 heavy (non-hydrogen) atoms. The fourth-order valence-corrected chi connectivity index (χ4v) is 2.13. The molecule has 1 aromatic carbocycles. The molecule has 0 radical (unpaired) electrons. The van der Waals surface area contributed by atoms with Crippen LogP contribution < -0.4 is 11.0 Å². The van der Waals surface area contributed by atoms with E-state index in [1.165, 1.54) is 0 Å². The number of benzene rings is 1. The van der Waals surface area contributed by atoms with Gasteiger partial charge in [-0.3, -0.25) is 4.57 Å². The molecule has 4 nitrogen and oxygen atoms in total. The van der Waals surface area contributed by atoms with Crippen molar-refractivity contribution < 1.29 is 0 Å². The zero-order valence-corrected chi connectivity index (χ0v) is 10.4. The Bertz CT molecular complexity index is 541. The van der Waals surface area contributed by atoms with Gasteiger partial charge in [-0.2, -0.15) is 0 Å². The normalized spacial score (nSPS) is 13.1. The van der Waals surface area contributed by atoms with Crippen molar-refractivity contribution in [1.29, 1.82) is 0 Å². The summed E-state index contributed by atoms with van der Waals surface area (Å²) in [6, 6.07) is 8.02. The van der Waals surface area contributed by atoms with Crippen LogP contribution in [0.15, 0.2) is 29.1 Å². The van der Waals surface area contributed by atoms with Crippen molar-refractivity contribution >= 4 is 11.0 Å². The van der Waals surface area contributed by atoms with E-state index in [0.717, 1.165) is 30.5 Å². The smallest absolute Gasteiger partial charge is 0.317 e. The van der Waals surface area contributed by atoms with E-state index in [0.29, 0.717) is 0 Å². The lowest BCUT2D eigenvalue weighted by atomic mass is 10.2. The van der Waals surface area contributed by atoms with Gasteiger partial charge in [0.15, 0.2) is 0 Å². The summed E-state index contributed by atoms with van der Waals surface area (Å²) < 4.78 is 1.84. The molecule has 1 aromatic heterocycles. The summed E-state index contributed by atoms with van der Waals surface area (Å²) in [5.41, 5.74) is 1.88. The number of H-pyrrole nitrogens is 1. The van der Waals surface area contributed by atoms with Gasteiger partial charge < -0.3 is 10.3 Å². The first-order chi connectivity index (χ1) is 8.24. The summed E-state index contributed by atoms with van der Waals surface area (Å²) in [6.07, 6.45) is 0.954. The number of nitrogens with zero attached hydrogens (tertiary/aromatic N) is 1. The lowest BCUT2D eigenvalue weighted by molar-refractivity contribution is 0.487. The monoisotopic (exact) mass is 233 g/mol. The van der Waals surface area contributed by atoms with E-state index < -0.39 is 0 Å². The standard InChI is InChI=1S/C13H19N3O/c1-3-14-9-8-10(2)16-12-7-5-4-6-11(12)15-13(16)17/h4-7,10,14H,3,8-9H2,1-2H3,(H,15,17). The number of aromatic nitrogens is 2. The highest BCUT2D eigenvalue weighted by atomic mass is 16.1. The lowest BCUT2D eigenvalue weighted by Gasteiger charge is -2.13. The van der Waals surface area contributed by atoms with Crippen LogP contribution in [0.5, 0.6) is 0 Å². The molecule has 2 aromatic rings. The van der Waals surface area contributed by atoms with E-state index in [1.54, 1.807) is 0 Å². The van der Waals surface area contributed by atoms with Crippen molar-refractivity contribution in [3.8, 4) is 0 Å². The first kappa shape index (κ1) is 11.9. The molecular formula is C13H19N3O. The van der Waals surface area contributed by atoms with Gasteiger partial charge >= 0.3 is 5.69 Å². The molecule has 0 saturated heterocycles. The topological polar surface area (TPSA) is 49.8 Å². The zero-order valence-electron chi connectivity index (χ0n) is 10.4. The summed E-state index contributed by atoms with van der Waals surface area (Å²) in [7, 11) is 0. The van der Waals surface area contributed by atoms with Crippen LogP contribution in [-0.4, -0.2) is 22.6 Å². The largest absolute Gasteiger partial charge is 0.326 e. The Morgan fingerprint density at radius 2 is 2.18 bits per heavy atom. The average Bonchev–Trinajstić information content (AvgIpc) is 2.65. The summed E-state index contributed by atoms with van der Waals surface area (Å²) in [6.45, 7) is 6.07. The molecule has 2 rings (SSSR count). The first-order valence-corrected chi connectivity index (χ1v) is 6.14. The maximum absolute atomic E-state index is 11.9. The minimum absolute atomic E-state index is 0.0183. The van der Waals surface area contributed by atoms with E-state index in [2.05, 4.69) is 24.1 Å². The van der Waals surface area contributed by atoms with Crippen molar-refractivity contribution in [2.75, 3.05) is 13.1 Å². The number of para-hydroxylation sites is 2. The van der Waals surface area contributed by atoms with E-state index in [-0.39, 0.29) is 11.7 Å². The SMILES string of the molecule is CCNCCC(C)n1c(=O)[nH]c2ccccc21. The van der Waals surface area contributed by atoms with Crippen LogP contribution in [-0.2, 0) is 0 Å². The van der Waals surface area contributed by atoms with Crippen LogP contribution >= 0.6 is 0 Å². The number of nitrogens with one attached hydrogen (secondary N) is 2. The van der Waals surface area contributed by atoms with E-state index in [4.69, 9.17) is 0 Å². The summed E-state index contributed by atoms with van der Waals surface area (Å²) in [5.74, 6) is 0. The second kappa shape index (κ2) is 5.19. The third-order valence-electron chi connectivity index (χ3n) is 3.05. The van der Waals surface area contributed by atoms with Crippen molar-refractivity contribution in [3.63, 3.8) is 0 Å². The van der Waals surface area contributed by atoms with Gasteiger partial charge in [0, 0.05) is 6.04 Å². The Morgan fingerprint density at radius 1 is 1.41 bits per heavy atom. The Balaban J connectivity index is 2.28. The average molecular weight is 233 g/mol. The summed E-state index contributed by atoms with van der Waals surface area (Å²) >= 11 is 0. The second-order valence-electron chi connectivity index (χ2n) is 4.31. The number of hydrogen-bond acceptors (Lipinski definition) is 2. The highest BCUT2D eigenvalue weighted by molar-refractivity contribution is 5.75. The van der Waals surface area contributed by atoms with Gasteiger partial charge in [0.1, 0.15) is 0 Å². The molecule has 0 amide bonds. The second-order valence-corrected chi connectivity index (χ2v) is 4.31. The number of fused-ring (bicyclic) bond motifs is 1. The van der Waals surface area contributed by atoms with Crippen LogP contribution in [0.25, 0.3) is 11.0 Å². The lowest BCUT2D eigenvalue weighted by Crippen LogP contribution is -2.24. The molecule has 92 valence electrons. The zero-order chi connectivity index (χ0) is 12.3. The molecule has 1 unspecified atom stereocenters. The quantitative estimate of drug-likeness (QED) is 0.775. The molecular weight excluding hydrogens is 214 g/mol. The Labute approximate surface area is 101 Å². The Morgan fingerprint density at radius 3 is 2.94 bits per heavy atom. The fraction of sp³-hybridized carbons (Fsp3) is 0.462. The van der Waals surface area contributed by atoms with Crippen LogP contribution in [0.2, 0.25) is 0 Å². The first-order valence-electron chi connectivity index (χ1n) is 6.14. The molecule has 4 heteroatoms. The predicted octanol–water partition coefficient (Wildman–Crippen LogP) is 1.89. The molecule has 0 aliphatic heterocycles. The van der Waals surface area contributed by atoms with Gasteiger partial charge in [-0.1, -0.05) is 19.1 Å². The molecule has 0 aliphatic carbocycles. The van der Waals surface area contributed by atoms with Crippen molar-refractivity contribution in [2.45, 2.75) is 26.3 Å². The number of imidazole rings is 1. The highest BCUT2D eigenvalue weighted by Crippen LogP contribution is 2.16. The summed E-state index contributed by atoms with van der Waals surface area (Å²) in [4.78, 5) is 14.8. The maximum Gasteiger partial charge on any atom is 0.326 e. The maximum atomic E-state index is 11.9. The van der Waals surface area contributed by atoms with Crippen LogP contribution in [0.1, 0.15) is 26.3 Å².